The highest BCUT2D eigenvalue weighted by molar-refractivity contribution is 6.34. The molecule has 0 radical (unpaired) electrons. The SMILES string of the molecule is C=CCCOC(=O)[C@@H]1[C@@H]2CCC3(O2)C(C(=O)N(CC=C)c2c(C)cccc2Cl)N([C@@H](CO)Cc2ccccc2)C(=O)[C@H]13. The summed E-state index contributed by atoms with van der Waals surface area (Å²) in [5.74, 6) is -3.05. The van der Waals surface area contributed by atoms with Crippen molar-refractivity contribution in [3.05, 3.63) is 90.0 Å². The highest BCUT2D eigenvalue weighted by Gasteiger charge is 2.75. The second-order valence-corrected chi connectivity index (χ2v) is 11.6. The van der Waals surface area contributed by atoms with Crippen molar-refractivity contribution in [1.29, 1.82) is 0 Å². The Balaban J connectivity index is 1.60. The van der Waals surface area contributed by atoms with Crippen molar-refractivity contribution in [2.24, 2.45) is 11.8 Å². The number of amides is 2. The zero-order valence-corrected chi connectivity index (χ0v) is 24.5. The number of esters is 1. The van der Waals surface area contributed by atoms with Gasteiger partial charge in [0.05, 0.1) is 47.9 Å². The molecule has 3 heterocycles. The number of hydrogen-bond donors (Lipinski definition) is 1. The van der Waals surface area contributed by atoms with Gasteiger partial charge in [0, 0.05) is 6.54 Å². The summed E-state index contributed by atoms with van der Waals surface area (Å²) in [7, 11) is 0. The lowest BCUT2D eigenvalue weighted by atomic mass is 9.70. The number of para-hydroxylation sites is 1. The predicted octanol–water partition coefficient (Wildman–Crippen LogP) is 4.26. The molecule has 2 aromatic rings. The summed E-state index contributed by atoms with van der Waals surface area (Å²) in [6.45, 7) is 9.31. The van der Waals surface area contributed by atoms with Gasteiger partial charge in [-0.15, -0.1) is 13.2 Å². The number of halogens is 1. The maximum Gasteiger partial charge on any atom is 0.312 e. The largest absolute Gasteiger partial charge is 0.465 e. The molecule has 9 heteroatoms. The lowest BCUT2D eigenvalue weighted by Crippen LogP contribution is -2.59. The average Bonchev–Trinajstić information content (AvgIpc) is 3.63. The minimum Gasteiger partial charge on any atom is -0.465 e. The van der Waals surface area contributed by atoms with Gasteiger partial charge in [0.25, 0.3) is 5.91 Å². The van der Waals surface area contributed by atoms with Crippen LogP contribution in [0.15, 0.2) is 73.8 Å². The third kappa shape index (κ3) is 5.06. The van der Waals surface area contributed by atoms with Crippen LogP contribution in [-0.4, -0.2) is 71.3 Å². The number of aryl methyl sites for hydroxylation is 1. The van der Waals surface area contributed by atoms with Crippen LogP contribution in [0.25, 0.3) is 0 Å². The van der Waals surface area contributed by atoms with Gasteiger partial charge in [0.15, 0.2) is 0 Å². The molecular weight excluding hydrogens is 556 g/mol. The van der Waals surface area contributed by atoms with E-state index in [1.54, 1.807) is 18.2 Å². The maximum atomic E-state index is 14.8. The normalized spacial score (nSPS) is 26.5. The number of aliphatic hydroxyl groups is 1. The first-order valence-electron chi connectivity index (χ1n) is 14.4. The topological polar surface area (TPSA) is 96.4 Å². The Kier molecular flexibility index (Phi) is 8.87. The molecule has 3 aliphatic rings. The second-order valence-electron chi connectivity index (χ2n) is 11.2. The molecule has 0 saturated carbocycles. The van der Waals surface area contributed by atoms with Gasteiger partial charge in [-0.25, -0.2) is 0 Å². The van der Waals surface area contributed by atoms with Crippen molar-refractivity contribution in [3.63, 3.8) is 0 Å². The Morgan fingerprint density at radius 2 is 1.98 bits per heavy atom. The van der Waals surface area contributed by atoms with Gasteiger partial charge in [-0.2, -0.15) is 0 Å². The lowest BCUT2D eigenvalue weighted by Gasteiger charge is -2.39. The van der Waals surface area contributed by atoms with Gasteiger partial charge in [-0.1, -0.05) is 66.2 Å². The van der Waals surface area contributed by atoms with E-state index in [-0.39, 0.29) is 25.7 Å². The average molecular weight is 593 g/mol. The summed E-state index contributed by atoms with van der Waals surface area (Å²) in [4.78, 5) is 45.7. The Hall–Kier alpha value is -3.46. The molecule has 8 nitrogen and oxygen atoms in total. The third-order valence-electron chi connectivity index (χ3n) is 8.76. The summed E-state index contributed by atoms with van der Waals surface area (Å²) >= 11 is 6.64. The molecule has 3 saturated heterocycles. The van der Waals surface area contributed by atoms with Gasteiger partial charge in [-0.3, -0.25) is 14.4 Å². The van der Waals surface area contributed by atoms with Crippen LogP contribution >= 0.6 is 11.6 Å². The van der Waals surface area contributed by atoms with Crippen molar-refractivity contribution in [2.75, 3.05) is 24.7 Å². The van der Waals surface area contributed by atoms with Gasteiger partial charge in [0.2, 0.25) is 5.91 Å². The minimum atomic E-state index is -1.25. The van der Waals surface area contributed by atoms with Gasteiger partial charge in [0.1, 0.15) is 11.6 Å². The molecule has 2 aromatic carbocycles. The van der Waals surface area contributed by atoms with E-state index >= 15 is 0 Å². The summed E-state index contributed by atoms with van der Waals surface area (Å²) in [6, 6.07) is 13.1. The zero-order valence-electron chi connectivity index (χ0n) is 23.8. The number of hydrogen-bond acceptors (Lipinski definition) is 6. The molecule has 42 heavy (non-hydrogen) atoms. The Morgan fingerprint density at radius 1 is 1.21 bits per heavy atom. The molecule has 3 fully saturated rings. The highest BCUT2D eigenvalue weighted by atomic mass is 35.5. The Morgan fingerprint density at radius 3 is 2.64 bits per heavy atom. The van der Waals surface area contributed by atoms with Crippen molar-refractivity contribution < 1.29 is 29.0 Å². The van der Waals surface area contributed by atoms with E-state index in [1.807, 2.05) is 49.4 Å². The monoisotopic (exact) mass is 592 g/mol. The third-order valence-corrected chi connectivity index (χ3v) is 9.07. The van der Waals surface area contributed by atoms with E-state index in [9.17, 15) is 19.5 Å². The van der Waals surface area contributed by atoms with E-state index in [1.165, 1.54) is 9.80 Å². The Bertz CT molecular complexity index is 1350. The molecule has 0 aromatic heterocycles. The van der Waals surface area contributed by atoms with Crippen LogP contribution in [0, 0.1) is 18.8 Å². The smallest absolute Gasteiger partial charge is 0.312 e. The van der Waals surface area contributed by atoms with Gasteiger partial charge in [-0.05, 0) is 49.8 Å². The molecule has 222 valence electrons. The number of carbonyl (C=O) groups is 3. The van der Waals surface area contributed by atoms with Crippen LogP contribution in [0.5, 0.6) is 0 Å². The number of aliphatic hydroxyl groups excluding tert-OH is 1. The lowest BCUT2D eigenvalue weighted by molar-refractivity contribution is -0.155. The number of benzene rings is 2. The molecule has 0 aliphatic carbocycles. The van der Waals surface area contributed by atoms with Crippen molar-refractivity contribution in [1.82, 2.24) is 4.90 Å². The van der Waals surface area contributed by atoms with E-state index in [4.69, 9.17) is 21.1 Å². The molecule has 1 N–H and O–H groups in total. The fraction of sp³-hybridized carbons (Fsp3) is 0.424. The fourth-order valence-electron chi connectivity index (χ4n) is 7.04. The molecule has 3 aliphatic heterocycles. The van der Waals surface area contributed by atoms with Crippen LogP contribution in [0.3, 0.4) is 0 Å². The van der Waals surface area contributed by atoms with E-state index in [0.717, 1.165) is 11.1 Å². The second kappa shape index (κ2) is 12.4. The van der Waals surface area contributed by atoms with Crippen molar-refractivity contribution in [2.45, 2.75) is 56.4 Å². The maximum absolute atomic E-state index is 14.8. The van der Waals surface area contributed by atoms with Crippen LogP contribution in [0.1, 0.15) is 30.4 Å². The van der Waals surface area contributed by atoms with Crippen molar-refractivity contribution in [3.8, 4) is 0 Å². The van der Waals surface area contributed by atoms with E-state index < -0.39 is 47.5 Å². The van der Waals surface area contributed by atoms with Crippen LogP contribution in [0.4, 0.5) is 5.69 Å². The molecular formula is C33H37ClN2O6. The first kappa shape index (κ1) is 30.0. The minimum absolute atomic E-state index is 0.140. The van der Waals surface area contributed by atoms with Crippen molar-refractivity contribution >= 4 is 35.1 Å². The van der Waals surface area contributed by atoms with Gasteiger partial charge >= 0.3 is 5.97 Å². The number of anilines is 1. The molecule has 2 amide bonds. The number of likely N-dealkylation sites (tertiary alicyclic amines) is 1. The zero-order chi connectivity index (χ0) is 30.0. The van der Waals surface area contributed by atoms with Crippen LogP contribution in [-0.2, 0) is 30.3 Å². The summed E-state index contributed by atoms with van der Waals surface area (Å²) < 4.78 is 12.1. The first-order valence-corrected chi connectivity index (χ1v) is 14.8. The number of rotatable bonds is 12. The first-order chi connectivity index (χ1) is 20.3. The number of carbonyl (C=O) groups excluding carboxylic acids is 3. The molecule has 2 unspecified atom stereocenters. The fourth-order valence-corrected chi connectivity index (χ4v) is 7.36. The van der Waals surface area contributed by atoms with Gasteiger partial charge < -0.3 is 24.4 Å². The predicted molar refractivity (Wildman–Crippen MR) is 160 cm³/mol. The molecule has 5 rings (SSSR count). The molecule has 2 bridgehead atoms. The molecule has 6 atom stereocenters. The summed E-state index contributed by atoms with van der Waals surface area (Å²) in [5.41, 5.74) is 0.957. The Labute approximate surface area is 251 Å². The quantitative estimate of drug-likeness (QED) is 0.225. The number of nitrogens with zero attached hydrogens (tertiary/aromatic N) is 2. The molecule has 1 spiro atoms. The summed E-state index contributed by atoms with van der Waals surface area (Å²) in [5, 5.41) is 11.1. The standard InChI is InChI=1S/C33H37ClN2O6/c1-4-6-18-41-32(40)26-25-15-16-33(42-25)27(26)30(38)36(23(20-37)19-22-12-8-7-9-13-22)29(33)31(39)35(17-5-2)28-21(3)11-10-14-24(28)34/h4-5,7-14,23,25-27,29,37H,1-2,6,15-20H2,3H3/t23-,25+,26-,27+,29?,33?/m1/s1. The highest BCUT2D eigenvalue weighted by Crippen LogP contribution is 2.59. The van der Waals surface area contributed by atoms with Crippen LogP contribution in [0.2, 0.25) is 5.02 Å². The summed E-state index contributed by atoms with van der Waals surface area (Å²) in [6.07, 6.45) is 4.46. The van der Waals surface area contributed by atoms with Crippen LogP contribution < -0.4 is 4.90 Å². The van der Waals surface area contributed by atoms with E-state index in [2.05, 4.69) is 13.2 Å². The number of ether oxygens (including phenoxy) is 2. The van der Waals surface area contributed by atoms with E-state index in [0.29, 0.717) is 36.4 Å². The number of fused-ring (bicyclic) bond motifs is 1.